The quantitative estimate of drug-likeness (QED) is 0.598. The predicted molar refractivity (Wildman–Crippen MR) is 84.7 cm³/mol. The third-order valence-electron chi connectivity index (χ3n) is 2.87. The van der Waals surface area contributed by atoms with Crippen LogP contribution in [0.1, 0.15) is 29.3 Å². The molecule has 1 aromatic rings. The zero-order valence-corrected chi connectivity index (χ0v) is 14.3. The summed E-state index contributed by atoms with van der Waals surface area (Å²) >= 11 is 0. The van der Waals surface area contributed by atoms with Gasteiger partial charge in [0.15, 0.2) is 0 Å². The minimum absolute atomic E-state index is 0.0334. The molecule has 1 rings (SSSR count). The van der Waals surface area contributed by atoms with Crippen molar-refractivity contribution >= 4 is 36.4 Å². The standard InChI is InChI=1S/C13H18ClNO4S2/c1-3-10-5-6-11(9-12(10)21(14,18)19)13(16)15-7-4-8-20(2)17/h5-6,9H,3-4,7-8H2,1-2H3,(H,15,16). The van der Waals surface area contributed by atoms with E-state index in [1.165, 1.54) is 6.07 Å². The Morgan fingerprint density at radius 2 is 2.05 bits per heavy atom. The highest BCUT2D eigenvalue weighted by Gasteiger charge is 2.17. The van der Waals surface area contributed by atoms with Crippen molar-refractivity contribution in [3.8, 4) is 0 Å². The van der Waals surface area contributed by atoms with Gasteiger partial charge in [0.25, 0.3) is 15.0 Å². The van der Waals surface area contributed by atoms with Crippen molar-refractivity contribution in [2.75, 3.05) is 18.6 Å². The normalized spacial score (nSPS) is 12.9. The molecule has 0 heterocycles. The second-order valence-corrected chi connectivity index (χ2v) is 8.59. The maximum atomic E-state index is 11.9. The highest BCUT2D eigenvalue weighted by atomic mass is 35.7. The van der Waals surface area contributed by atoms with Crippen LogP contribution in [-0.2, 0) is 26.3 Å². The van der Waals surface area contributed by atoms with E-state index in [9.17, 15) is 17.4 Å². The van der Waals surface area contributed by atoms with Crippen LogP contribution in [0.15, 0.2) is 23.1 Å². The van der Waals surface area contributed by atoms with E-state index in [1.807, 2.05) is 6.92 Å². The Hall–Kier alpha value is -0.920. The monoisotopic (exact) mass is 351 g/mol. The number of halogens is 1. The van der Waals surface area contributed by atoms with Gasteiger partial charge in [0.05, 0.1) is 4.90 Å². The molecular weight excluding hydrogens is 334 g/mol. The number of carbonyl (C=O) groups excluding carboxylic acids is 1. The van der Waals surface area contributed by atoms with Crippen molar-refractivity contribution in [2.45, 2.75) is 24.7 Å². The molecular formula is C13H18ClNO4S2. The molecule has 0 aliphatic carbocycles. The van der Waals surface area contributed by atoms with Crippen LogP contribution in [-0.4, -0.2) is 37.1 Å². The topological polar surface area (TPSA) is 80.3 Å². The molecule has 0 bridgehead atoms. The SMILES string of the molecule is CCc1ccc(C(=O)NCCCS(C)=O)cc1S(=O)(=O)Cl. The predicted octanol–water partition coefficient (Wildman–Crippen LogP) is 1.67. The first kappa shape index (κ1) is 18.1. The molecule has 1 unspecified atom stereocenters. The summed E-state index contributed by atoms with van der Waals surface area (Å²) < 4.78 is 33.9. The van der Waals surface area contributed by atoms with Gasteiger partial charge in [-0.1, -0.05) is 13.0 Å². The average Bonchev–Trinajstić information content (AvgIpc) is 2.41. The molecule has 21 heavy (non-hydrogen) atoms. The largest absolute Gasteiger partial charge is 0.352 e. The lowest BCUT2D eigenvalue weighted by Crippen LogP contribution is -2.25. The Morgan fingerprint density at radius 3 is 2.57 bits per heavy atom. The molecule has 0 aromatic heterocycles. The fourth-order valence-corrected chi connectivity index (χ4v) is 3.57. The van der Waals surface area contributed by atoms with Crippen molar-refractivity contribution in [3.05, 3.63) is 29.3 Å². The summed E-state index contributed by atoms with van der Waals surface area (Å²) in [5.74, 6) is 0.136. The summed E-state index contributed by atoms with van der Waals surface area (Å²) in [5.41, 5.74) is 0.812. The number of aryl methyl sites for hydroxylation is 1. The fraction of sp³-hybridized carbons (Fsp3) is 0.462. The number of rotatable bonds is 7. The Morgan fingerprint density at radius 1 is 1.38 bits per heavy atom. The van der Waals surface area contributed by atoms with E-state index in [1.54, 1.807) is 18.4 Å². The fourth-order valence-electron chi connectivity index (χ4n) is 1.79. The van der Waals surface area contributed by atoms with E-state index in [0.717, 1.165) is 0 Å². The third kappa shape index (κ3) is 5.76. The van der Waals surface area contributed by atoms with Crippen molar-refractivity contribution in [3.63, 3.8) is 0 Å². The van der Waals surface area contributed by atoms with Crippen LogP contribution in [0.2, 0.25) is 0 Å². The lowest BCUT2D eigenvalue weighted by atomic mass is 10.1. The van der Waals surface area contributed by atoms with E-state index in [-0.39, 0.29) is 16.4 Å². The molecule has 1 atom stereocenters. The third-order valence-corrected chi connectivity index (χ3v) is 5.13. The van der Waals surface area contributed by atoms with Gasteiger partial charge in [-0.15, -0.1) is 0 Å². The second-order valence-electron chi connectivity index (χ2n) is 4.50. The van der Waals surface area contributed by atoms with Crippen molar-refractivity contribution < 1.29 is 17.4 Å². The van der Waals surface area contributed by atoms with Crippen LogP contribution in [0.5, 0.6) is 0 Å². The van der Waals surface area contributed by atoms with Crippen LogP contribution >= 0.6 is 10.7 Å². The molecule has 0 saturated carbocycles. The van der Waals surface area contributed by atoms with Gasteiger partial charge in [-0.25, -0.2) is 8.42 Å². The highest BCUT2D eigenvalue weighted by molar-refractivity contribution is 8.13. The summed E-state index contributed by atoms with van der Waals surface area (Å²) in [6.07, 6.45) is 2.71. The van der Waals surface area contributed by atoms with Gasteiger partial charge in [-0.05, 0) is 30.5 Å². The molecule has 0 fully saturated rings. The first-order valence-corrected chi connectivity index (χ1v) is 10.4. The maximum absolute atomic E-state index is 11.9. The molecule has 1 amide bonds. The van der Waals surface area contributed by atoms with Crippen molar-refractivity contribution in [1.82, 2.24) is 5.32 Å². The van der Waals surface area contributed by atoms with Crippen molar-refractivity contribution in [1.29, 1.82) is 0 Å². The van der Waals surface area contributed by atoms with E-state index in [2.05, 4.69) is 5.32 Å². The molecule has 0 saturated heterocycles. The number of hydrogen-bond donors (Lipinski definition) is 1. The van der Waals surface area contributed by atoms with Gasteiger partial charge >= 0.3 is 0 Å². The molecule has 0 aliphatic heterocycles. The highest BCUT2D eigenvalue weighted by Crippen LogP contribution is 2.22. The minimum Gasteiger partial charge on any atom is -0.352 e. The number of amides is 1. The van der Waals surface area contributed by atoms with E-state index >= 15 is 0 Å². The smallest absolute Gasteiger partial charge is 0.261 e. The molecule has 1 N–H and O–H groups in total. The maximum Gasteiger partial charge on any atom is 0.261 e. The molecule has 5 nitrogen and oxygen atoms in total. The summed E-state index contributed by atoms with van der Waals surface area (Å²) in [6, 6.07) is 4.44. The first-order valence-electron chi connectivity index (χ1n) is 6.41. The Kier molecular flexibility index (Phi) is 6.83. The second kappa shape index (κ2) is 7.91. The summed E-state index contributed by atoms with van der Waals surface area (Å²) in [6.45, 7) is 2.20. The minimum atomic E-state index is -3.89. The van der Waals surface area contributed by atoms with Gasteiger partial charge in [-0.2, -0.15) is 0 Å². The zero-order valence-electron chi connectivity index (χ0n) is 11.9. The molecule has 0 aliphatic rings. The lowest BCUT2D eigenvalue weighted by Gasteiger charge is -2.08. The molecule has 8 heteroatoms. The van der Waals surface area contributed by atoms with Crippen LogP contribution in [0.25, 0.3) is 0 Å². The first-order chi connectivity index (χ1) is 9.75. The van der Waals surface area contributed by atoms with E-state index < -0.39 is 19.9 Å². The molecule has 118 valence electrons. The molecule has 0 spiro atoms. The van der Waals surface area contributed by atoms with Crippen LogP contribution < -0.4 is 5.32 Å². The summed E-state index contributed by atoms with van der Waals surface area (Å²) in [7, 11) is 0.609. The Labute approximate surface area is 132 Å². The van der Waals surface area contributed by atoms with Gasteiger partial charge in [0, 0.05) is 45.6 Å². The van der Waals surface area contributed by atoms with Gasteiger partial charge in [-0.3, -0.25) is 9.00 Å². The number of nitrogens with one attached hydrogen (secondary N) is 1. The summed E-state index contributed by atoms with van der Waals surface area (Å²) in [5, 5.41) is 2.66. The van der Waals surface area contributed by atoms with Crippen LogP contribution in [0, 0.1) is 0 Å². The van der Waals surface area contributed by atoms with E-state index in [4.69, 9.17) is 10.7 Å². The van der Waals surface area contributed by atoms with Gasteiger partial charge in [0.2, 0.25) is 0 Å². The van der Waals surface area contributed by atoms with Crippen LogP contribution in [0.4, 0.5) is 0 Å². The molecule has 0 radical (unpaired) electrons. The lowest BCUT2D eigenvalue weighted by molar-refractivity contribution is 0.0953. The number of benzene rings is 1. The van der Waals surface area contributed by atoms with Crippen LogP contribution in [0.3, 0.4) is 0 Å². The number of carbonyl (C=O) groups is 1. The van der Waals surface area contributed by atoms with E-state index in [0.29, 0.717) is 30.7 Å². The van der Waals surface area contributed by atoms with Crippen molar-refractivity contribution in [2.24, 2.45) is 0 Å². The zero-order chi connectivity index (χ0) is 16.0. The van der Waals surface area contributed by atoms with Gasteiger partial charge in [0.1, 0.15) is 0 Å². The summed E-state index contributed by atoms with van der Waals surface area (Å²) in [4.78, 5) is 11.9. The Balaban J connectivity index is 2.84. The Bertz CT molecular complexity index is 644. The number of hydrogen-bond acceptors (Lipinski definition) is 4. The average molecular weight is 352 g/mol. The molecule has 1 aromatic carbocycles. The van der Waals surface area contributed by atoms with Gasteiger partial charge < -0.3 is 5.32 Å².